The normalized spacial score (nSPS) is 10.7. The number of nitriles is 1. The molecule has 0 fully saturated rings. The lowest BCUT2D eigenvalue weighted by Crippen LogP contribution is -2.08. The number of fused-ring (bicyclic) bond motifs is 1. The van der Waals surface area contributed by atoms with Crippen LogP contribution in [0.15, 0.2) is 66.7 Å². The van der Waals surface area contributed by atoms with Crippen molar-refractivity contribution in [3.05, 3.63) is 88.7 Å². The SMILES string of the molecule is CCOC(=O)c1cccc2nc(Cl)n(Cc3ccc(-c4ccccc4C#N)cc3)c12. The maximum absolute atomic E-state index is 12.4. The van der Waals surface area contributed by atoms with Crippen LogP contribution in [0.4, 0.5) is 0 Å². The molecule has 4 rings (SSSR count). The van der Waals surface area contributed by atoms with Gasteiger partial charge in [-0.1, -0.05) is 48.5 Å². The molecule has 0 unspecified atom stereocenters. The second-order valence-electron chi connectivity index (χ2n) is 6.72. The quantitative estimate of drug-likeness (QED) is 0.406. The van der Waals surface area contributed by atoms with Gasteiger partial charge in [0.25, 0.3) is 0 Å². The fourth-order valence-electron chi connectivity index (χ4n) is 3.48. The van der Waals surface area contributed by atoms with E-state index in [2.05, 4.69) is 11.1 Å². The number of carbonyl (C=O) groups excluding carboxylic acids is 1. The van der Waals surface area contributed by atoms with Gasteiger partial charge in [0.1, 0.15) is 0 Å². The lowest BCUT2D eigenvalue weighted by atomic mass is 9.99. The Kier molecular flexibility index (Phi) is 5.51. The molecule has 0 bridgehead atoms. The molecule has 5 nitrogen and oxygen atoms in total. The predicted octanol–water partition coefficient (Wildman–Crippen LogP) is 5.45. The van der Waals surface area contributed by atoms with Crippen LogP contribution in [0, 0.1) is 11.3 Å². The molecule has 1 aromatic heterocycles. The lowest BCUT2D eigenvalue weighted by molar-refractivity contribution is 0.0528. The van der Waals surface area contributed by atoms with Gasteiger partial charge >= 0.3 is 5.97 Å². The number of hydrogen-bond donors (Lipinski definition) is 0. The molecular weight excluding hydrogens is 398 g/mol. The summed E-state index contributed by atoms with van der Waals surface area (Å²) in [5.74, 6) is -0.399. The molecule has 0 aliphatic heterocycles. The second-order valence-corrected chi connectivity index (χ2v) is 7.05. The van der Waals surface area contributed by atoms with Crippen LogP contribution < -0.4 is 0 Å². The van der Waals surface area contributed by atoms with Crippen molar-refractivity contribution >= 4 is 28.6 Å². The van der Waals surface area contributed by atoms with E-state index in [-0.39, 0.29) is 0 Å². The molecule has 148 valence electrons. The molecule has 0 atom stereocenters. The number of esters is 1. The summed E-state index contributed by atoms with van der Waals surface area (Å²) in [7, 11) is 0. The first kappa shape index (κ1) is 19.7. The second kappa shape index (κ2) is 8.40. The number of hydrogen-bond acceptors (Lipinski definition) is 4. The first-order chi connectivity index (χ1) is 14.6. The molecule has 6 heteroatoms. The number of nitrogens with zero attached hydrogens (tertiary/aromatic N) is 3. The molecule has 1 heterocycles. The van der Waals surface area contributed by atoms with Gasteiger partial charge in [-0.15, -0.1) is 0 Å². The van der Waals surface area contributed by atoms with Gasteiger partial charge in [-0.2, -0.15) is 5.26 Å². The largest absolute Gasteiger partial charge is 0.462 e. The molecule has 0 N–H and O–H groups in total. The van der Waals surface area contributed by atoms with Crippen molar-refractivity contribution in [3.8, 4) is 17.2 Å². The van der Waals surface area contributed by atoms with Crippen LogP contribution in [-0.2, 0) is 11.3 Å². The number of rotatable bonds is 5. The summed E-state index contributed by atoms with van der Waals surface area (Å²) in [6, 6.07) is 23.0. The highest BCUT2D eigenvalue weighted by molar-refractivity contribution is 6.29. The summed E-state index contributed by atoms with van der Waals surface area (Å²) in [6.07, 6.45) is 0. The molecule has 30 heavy (non-hydrogen) atoms. The fraction of sp³-hybridized carbons (Fsp3) is 0.125. The molecule has 0 saturated carbocycles. The first-order valence-electron chi connectivity index (χ1n) is 9.52. The molecule has 0 spiro atoms. The molecule has 4 aromatic rings. The van der Waals surface area contributed by atoms with E-state index < -0.39 is 5.97 Å². The number of benzene rings is 3. The average molecular weight is 416 g/mol. The highest BCUT2D eigenvalue weighted by Gasteiger charge is 2.18. The van der Waals surface area contributed by atoms with Gasteiger partial charge in [0.05, 0.1) is 41.4 Å². The van der Waals surface area contributed by atoms with E-state index in [9.17, 15) is 10.1 Å². The van der Waals surface area contributed by atoms with Crippen LogP contribution in [0.3, 0.4) is 0 Å². The van der Waals surface area contributed by atoms with Gasteiger partial charge in [-0.05, 0) is 53.4 Å². The van der Waals surface area contributed by atoms with Gasteiger partial charge in [0.2, 0.25) is 5.28 Å². The number of imidazole rings is 1. The Balaban J connectivity index is 1.70. The average Bonchev–Trinajstić information content (AvgIpc) is 3.09. The zero-order valence-electron chi connectivity index (χ0n) is 16.3. The summed E-state index contributed by atoms with van der Waals surface area (Å²) >= 11 is 6.40. The summed E-state index contributed by atoms with van der Waals surface area (Å²) in [5, 5.41) is 9.64. The zero-order valence-corrected chi connectivity index (χ0v) is 17.1. The minimum atomic E-state index is -0.399. The Morgan fingerprint density at radius 3 is 2.60 bits per heavy atom. The van der Waals surface area contributed by atoms with E-state index in [0.717, 1.165) is 16.7 Å². The van der Waals surface area contributed by atoms with Gasteiger partial charge in [-0.3, -0.25) is 0 Å². The Hall–Kier alpha value is -3.62. The Morgan fingerprint density at radius 2 is 1.87 bits per heavy atom. The molecular formula is C24H18ClN3O2. The first-order valence-corrected chi connectivity index (χ1v) is 9.90. The lowest BCUT2D eigenvalue weighted by Gasteiger charge is -2.10. The van der Waals surface area contributed by atoms with Crippen molar-refractivity contribution in [2.24, 2.45) is 0 Å². The predicted molar refractivity (Wildman–Crippen MR) is 116 cm³/mol. The highest BCUT2D eigenvalue weighted by atomic mass is 35.5. The molecule has 0 aliphatic rings. The Bertz CT molecular complexity index is 1270. The van der Waals surface area contributed by atoms with Crippen LogP contribution >= 0.6 is 11.6 Å². The van der Waals surface area contributed by atoms with Crippen LogP contribution in [0.2, 0.25) is 5.28 Å². The molecule has 3 aromatic carbocycles. The minimum Gasteiger partial charge on any atom is -0.462 e. The third-order valence-corrected chi connectivity index (χ3v) is 5.16. The van der Waals surface area contributed by atoms with Crippen LogP contribution in [0.1, 0.15) is 28.4 Å². The smallest absolute Gasteiger partial charge is 0.340 e. The molecule has 0 saturated heterocycles. The Morgan fingerprint density at radius 1 is 1.10 bits per heavy atom. The van der Waals surface area contributed by atoms with E-state index in [1.54, 1.807) is 29.7 Å². The number of carbonyl (C=O) groups is 1. The fourth-order valence-corrected chi connectivity index (χ4v) is 3.72. The zero-order chi connectivity index (χ0) is 21.1. The van der Waals surface area contributed by atoms with Crippen LogP contribution in [-0.4, -0.2) is 22.1 Å². The van der Waals surface area contributed by atoms with Crippen molar-refractivity contribution in [1.82, 2.24) is 9.55 Å². The van der Waals surface area contributed by atoms with E-state index in [4.69, 9.17) is 16.3 Å². The number of ether oxygens (including phenoxy) is 1. The summed E-state index contributed by atoms with van der Waals surface area (Å²) in [5.41, 5.74) is 5.21. The number of halogens is 1. The summed E-state index contributed by atoms with van der Waals surface area (Å²) < 4.78 is 6.99. The molecule has 0 amide bonds. The third-order valence-electron chi connectivity index (χ3n) is 4.87. The minimum absolute atomic E-state index is 0.294. The van der Waals surface area contributed by atoms with Gasteiger partial charge < -0.3 is 9.30 Å². The molecule has 0 radical (unpaired) electrons. The summed E-state index contributed by atoms with van der Waals surface area (Å²) in [6.45, 7) is 2.52. The maximum Gasteiger partial charge on any atom is 0.340 e. The van der Waals surface area contributed by atoms with Crippen molar-refractivity contribution in [2.75, 3.05) is 6.61 Å². The van der Waals surface area contributed by atoms with Gasteiger partial charge in [0.15, 0.2) is 0 Å². The topological polar surface area (TPSA) is 67.9 Å². The van der Waals surface area contributed by atoms with E-state index in [1.165, 1.54) is 0 Å². The number of aromatic nitrogens is 2. The standard InChI is InChI=1S/C24H18ClN3O2/c1-2-30-23(29)20-8-5-9-21-22(20)28(24(25)27-21)15-16-10-12-17(13-11-16)19-7-4-3-6-18(19)14-26/h3-13H,2,15H2,1H3. The maximum atomic E-state index is 12.4. The van der Waals surface area contributed by atoms with E-state index >= 15 is 0 Å². The van der Waals surface area contributed by atoms with Crippen molar-refractivity contribution in [3.63, 3.8) is 0 Å². The van der Waals surface area contributed by atoms with E-state index in [1.807, 2.05) is 48.5 Å². The highest BCUT2D eigenvalue weighted by Crippen LogP contribution is 2.27. The van der Waals surface area contributed by atoms with Crippen LogP contribution in [0.5, 0.6) is 0 Å². The van der Waals surface area contributed by atoms with E-state index in [0.29, 0.717) is 40.6 Å². The molecule has 0 aliphatic carbocycles. The monoisotopic (exact) mass is 415 g/mol. The Labute approximate surface area is 179 Å². The number of para-hydroxylation sites is 1. The third kappa shape index (κ3) is 3.66. The summed E-state index contributed by atoms with van der Waals surface area (Å²) in [4.78, 5) is 16.8. The van der Waals surface area contributed by atoms with Crippen molar-refractivity contribution in [1.29, 1.82) is 5.26 Å². The van der Waals surface area contributed by atoms with Gasteiger partial charge in [-0.25, -0.2) is 9.78 Å². The van der Waals surface area contributed by atoms with Crippen molar-refractivity contribution < 1.29 is 9.53 Å². The van der Waals surface area contributed by atoms with Crippen molar-refractivity contribution in [2.45, 2.75) is 13.5 Å². The van der Waals surface area contributed by atoms with Crippen LogP contribution in [0.25, 0.3) is 22.2 Å². The van der Waals surface area contributed by atoms with Gasteiger partial charge in [0, 0.05) is 0 Å².